The molecule has 0 aromatic rings. The molecule has 1 aliphatic carbocycles. The first kappa shape index (κ1) is 11.8. The number of rotatable bonds is 6. The van der Waals surface area contributed by atoms with Crippen molar-refractivity contribution in [3.8, 4) is 0 Å². The van der Waals surface area contributed by atoms with E-state index in [1.807, 2.05) is 0 Å². The van der Waals surface area contributed by atoms with Crippen LogP contribution in [0.15, 0.2) is 11.6 Å². The van der Waals surface area contributed by atoms with Crippen molar-refractivity contribution in [1.82, 2.24) is 0 Å². The number of allylic oxidation sites excluding steroid dienone is 2. The molecule has 0 nitrogen and oxygen atoms in total. The number of unbranched alkanes of at least 4 members (excludes halogenated alkanes) is 3. The first-order chi connectivity index (χ1) is 6.86. The van der Waals surface area contributed by atoms with E-state index < -0.39 is 0 Å². The topological polar surface area (TPSA) is 0 Å². The smallest absolute Gasteiger partial charge is 0.0318 e. The van der Waals surface area contributed by atoms with Crippen LogP contribution in [0.4, 0.5) is 0 Å². The van der Waals surface area contributed by atoms with Crippen molar-refractivity contribution in [2.45, 2.75) is 71.6 Å². The Balaban J connectivity index is 2.10. The lowest BCUT2D eigenvalue weighted by atomic mass is 9.86. The molecule has 14 heavy (non-hydrogen) atoms. The second-order valence-corrected chi connectivity index (χ2v) is 4.72. The SMILES string of the molecule is CCCCCCC1=CCC(CC)CC1. The maximum absolute atomic E-state index is 2.53. The summed E-state index contributed by atoms with van der Waals surface area (Å²) in [6, 6.07) is 0. The Labute approximate surface area is 89.8 Å². The normalized spacial score (nSPS) is 22.1. The van der Waals surface area contributed by atoms with Crippen LogP contribution in [0.5, 0.6) is 0 Å². The minimum Gasteiger partial charge on any atom is -0.0851 e. The molecule has 1 unspecified atom stereocenters. The van der Waals surface area contributed by atoms with Crippen LogP contribution in [-0.2, 0) is 0 Å². The molecule has 1 atom stereocenters. The van der Waals surface area contributed by atoms with Gasteiger partial charge in [0.05, 0.1) is 0 Å². The highest BCUT2D eigenvalue weighted by molar-refractivity contribution is 5.06. The van der Waals surface area contributed by atoms with E-state index in [2.05, 4.69) is 19.9 Å². The zero-order valence-corrected chi connectivity index (χ0v) is 10.0. The Morgan fingerprint density at radius 2 is 2.07 bits per heavy atom. The number of hydrogen-bond acceptors (Lipinski definition) is 0. The lowest BCUT2D eigenvalue weighted by Crippen LogP contribution is -2.04. The Hall–Kier alpha value is -0.260. The van der Waals surface area contributed by atoms with E-state index in [0.29, 0.717) is 0 Å². The Kier molecular flexibility index (Phi) is 5.98. The lowest BCUT2D eigenvalue weighted by molar-refractivity contribution is 0.448. The van der Waals surface area contributed by atoms with Gasteiger partial charge in [0.15, 0.2) is 0 Å². The first-order valence-electron chi connectivity index (χ1n) is 6.54. The van der Waals surface area contributed by atoms with Gasteiger partial charge in [-0.05, 0) is 38.0 Å². The molecule has 0 radical (unpaired) electrons. The van der Waals surface area contributed by atoms with Crippen molar-refractivity contribution in [3.05, 3.63) is 11.6 Å². The maximum Gasteiger partial charge on any atom is -0.0318 e. The summed E-state index contributed by atoms with van der Waals surface area (Å²) >= 11 is 0. The molecular weight excluding hydrogens is 168 g/mol. The summed E-state index contributed by atoms with van der Waals surface area (Å²) < 4.78 is 0. The van der Waals surface area contributed by atoms with Gasteiger partial charge in [-0.2, -0.15) is 0 Å². The highest BCUT2D eigenvalue weighted by atomic mass is 14.2. The summed E-state index contributed by atoms with van der Waals surface area (Å²) in [6.45, 7) is 4.61. The van der Waals surface area contributed by atoms with Gasteiger partial charge in [0.2, 0.25) is 0 Å². The molecule has 0 bridgehead atoms. The standard InChI is InChI=1S/C14H26/c1-3-5-6-7-8-14-11-9-13(4-2)10-12-14/h11,13H,3-10,12H2,1-2H3. The minimum absolute atomic E-state index is 0.995. The largest absolute Gasteiger partial charge is 0.0851 e. The van der Waals surface area contributed by atoms with Gasteiger partial charge in [-0.1, -0.05) is 51.2 Å². The Bertz CT molecular complexity index is 167. The first-order valence-corrected chi connectivity index (χ1v) is 6.54. The van der Waals surface area contributed by atoms with Crippen LogP contribution in [0.3, 0.4) is 0 Å². The third-order valence-electron chi connectivity index (χ3n) is 3.54. The second-order valence-electron chi connectivity index (χ2n) is 4.72. The summed E-state index contributed by atoms with van der Waals surface area (Å²) in [5.74, 6) is 0.995. The minimum atomic E-state index is 0.995. The predicted molar refractivity (Wildman–Crippen MR) is 64.5 cm³/mol. The molecule has 0 N–H and O–H groups in total. The molecule has 1 aliphatic rings. The van der Waals surface area contributed by atoms with Crippen molar-refractivity contribution in [2.24, 2.45) is 5.92 Å². The van der Waals surface area contributed by atoms with Crippen LogP contribution in [0.25, 0.3) is 0 Å². The molecule has 0 saturated carbocycles. The fraction of sp³-hybridized carbons (Fsp3) is 0.857. The molecule has 0 amide bonds. The maximum atomic E-state index is 2.53. The van der Waals surface area contributed by atoms with E-state index in [0.717, 1.165) is 5.92 Å². The van der Waals surface area contributed by atoms with Gasteiger partial charge in [0.25, 0.3) is 0 Å². The van der Waals surface area contributed by atoms with Crippen molar-refractivity contribution in [3.63, 3.8) is 0 Å². The van der Waals surface area contributed by atoms with Gasteiger partial charge < -0.3 is 0 Å². The van der Waals surface area contributed by atoms with E-state index in [9.17, 15) is 0 Å². The Morgan fingerprint density at radius 1 is 1.21 bits per heavy atom. The highest BCUT2D eigenvalue weighted by Crippen LogP contribution is 2.28. The van der Waals surface area contributed by atoms with Crippen molar-refractivity contribution >= 4 is 0 Å². The fourth-order valence-electron chi connectivity index (χ4n) is 2.32. The van der Waals surface area contributed by atoms with Gasteiger partial charge in [0.1, 0.15) is 0 Å². The molecule has 0 spiro atoms. The lowest BCUT2D eigenvalue weighted by Gasteiger charge is -2.20. The molecule has 0 aromatic carbocycles. The van der Waals surface area contributed by atoms with Gasteiger partial charge in [-0.3, -0.25) is 0 Å². The third kappa shape index (κ3) is 4.30. The van der Waals surface area contributed by atoms with Crippen molar-refractivity contribution in [2.75, 3.05) is 0 Å². The molecular formula is C14H26. The zero-order valence-electron chi connectivity index (χ0n) is 10.0. The van der Waals surface area contributed by atoms with Gasteiger partial charge in [0, 0.05) is 0 Å². The molecule has 0 fully saturated rings. The van der Waals surface area contributed by atoms with Crippen LogP contribution in [0.1, 0.15) is 71.6 Å². The number of hydrogen-bond donors (Lipinski definition) is 0. The van der Waals surface area contributed by atoms with Crippen molar-refractivity contribution in [1.29, 1.82) is 0 Å². The second kappa shape index (κ2) is 7.09. The van der Waals surface area contributed by atoms with Crippen LogP contribution >= 0.6 is 0 Å². The summed E-state index contributed by atoms with van der Waals surface area (Å²) in [7, 11) is 0. The van der Waals surface area contributed by atoms with Crippen LogP contribution < -0.4 is 0 Å². The summed E-state index contributed by atoms with van der Waals surface area (Å²) in [6.07, 6.45) is 15.1. The predicted octanol–water partition coefficient (Wildman–Crippen LogP) is 5.09. The van der Waals surface area contributed by atoms with Crippen LogP contribution in [-0.4, -0.2) is 0 Å². The third-order valence-corrected chi connectivity index (χ3v) is 3.54. The van der Waals surface area contributed by atoms with Crippen molar-refractivity contribution < 1.29 is 0 Å². The molecule has 1 rings (SSSR count). The quantitative estimate of drug-likeness (QED) is 0.408. The summed E-state index contributed by atoms with van der Waals surface area (Å²) in [5, 5.41) is 0. The average Bonchev–Trinajstić information content (AvgIpc) is 2.25. The Morgan fingerprint density at radius 3 is 2.64 bits per heavy atom. The zero-order chi connectivity index (χ0) is 10.2. The molecule has 0 saturated heterocycles. The molecule has 82 valence electrons. The van der Waals surface area contributed by atoms with Crippen LogP contribution in [0, 0.1) is 5.92 Å². The van der Waals surface area contributed by atoms with E-state index in [-0.39, 0.29) is 0 Å². The van der Waals surface area contributed by atoms with Crippen LogP contribution in [0.2, 0.25) is 0 Å². The summed E-state index contributed by atoms with van der Waals surface area (Å²) in [5.41, 5.74) is 1.76. The van der Waals surface area contributed by atoms with E-state index in [1.54, 1.807) is 5.57 Å². The van der Waals surface area contributed by atoms with Gasteiger partial charge in [-0.25, -0.2) is 0 Å². The van der Waals surface area contributed by atoms with Gasteiger partial charge in [-0.15, -0.1) is 0 Å². The molecule has 0 heteroatoms. The average molecular weight is 194 g/mol. The molecule has 0 aromatic heterocycles. The monoisotopic (exact) mass is 194 g/mol. The highest BCUT2D eigenvalue weighted by Gasteiger charge is 2.11. The molecule has 0 heterocycles. The van der Waals surface area contributed by atoms with E-state index in [4.69, 9.17) is 0 Å². The van der Waals surface area contributed by atoms with Gasteiger partial charge >= 0.3 is 0 Å². The van der Waals surface area contributed by atoms with E-state index >= 15 is 0 Å². The fourth-order valence-corrected chi connectivity index (χ4v) is 2.32. The molecule has 0 aliphatic heterocycles. The van der Waals surface area contributed by atoms with E-state index in [1.165, 1.54) is 57.8 Å². The summed E-state index contributed by atoms with van der Waals surface area (Å²) in [4.78, 5) is 0.